The summed E-state index contributed by atoms with van der Waals surface area (Å²) in [5, 5.41) is -0.0248. The van der Waals surface area contributed by atoms with E-state index in [1.165, 1.54) is 11.1 Å². The number of amides is 1. The predicted octanol–water partition coefficient (Wildman–Crippen LogP) is 7.07. The van der Waals surface area contributed by atoms with Crippen LogP contribution in [-0.4, -0.2) is 99.5 Å². The lowest BCUT2D eigenvalue weighted by atomic mass is 9.63. The fourth-order valence-corrected chi connectivity index (χ4v) is 11.4. The molecule has 0 aromatic heterocycles. The smallest absolute Gasteiger partial charge is 0.264 e. The summed E-state index contributed by atoms with van der Waals surface area (Å²) in [6.07, 6.45) is 10.2. The minimum Gasteiger partial charge on any atom is -0.490 e. The van der Waals surface area contributed by atoms with Crippen LogP contribution in [0.5, 0.6) is 5.75 Å². The fraction of sp³-hybridized carbons (Fsp3) is 0.651. The lowest BCUT2D eigenvalue weighted by Gasteiger charge is -2.53. The van der Waals surface area contributed by atoms with Crippen LogP contribution in [0.15, 0.2) is 48.6 Å². The van der Waals surface area contributed by atoms with Gasteiger partial charge in [0.25, 0.3) is 5.91 Å². The van der Waals surface area contributed by atoms with Crippen LogP contribution in [0.4, 0.5) is 5.69 Å². The molecular formula is C43H61ClN4O5S. The zero-order chi connectivity index (χ0) is 38.5. The number of halogens is 1. The molecule has 1 saturated carbocycles. The third kappa shape index (κ3) is 7.84. The Kier molecular flexibility index (Phi) is 11.3. The van der Waals surface area contributed by atoms with Gasteiger partial charge in [0.2, 0.25) is 10.0 Å². The summed E-state index contributed by atoms with van der Waals surface area (Å²) in [5.41, 5.74) is 3.07. The second-order valence-corrected chi connectivity index (χ2v) is 20.3. The van der Waals surface area contributed by atoms with Gasteiger partial charge in [-0.1, -0.05) is 36.7 Å². The Morgan fingerprint density at radius 3 is 2.54 bits per heavy atom. The van der Waals surface area contributed by atoms with Crippen molar-refractivity contribution in [2.75, 3.05) is 63.9 Å². The lowest BCUT2D eigenvalue weighted by molar-refractivity contribution is -0.114. The summed E-state index contributed by atoms with van der Waals surface area (Å²) < 4.78 is 43.5. The van der Waals surface area contributed by atoms with E-state index in [9.17, 15) is 13.2 Å². The highest BCUT2D eigenvalue weighted by Crippen LogP contribution is 2.49. The molecule has 2 aromatic rings. The number of hydrogen-bond donors (Lipinski definition) is 1. The molecule has 9 nitrogen and oxygen atoms in total. The zero-order valence-corrected chi connectivity index (χ0v) is 34.8. The first-order valence-electron chi connectivity index (χ1n) is 20.3. The van der Waals surface area contributed by atoms with Crippen LogP contribution in [0.2, 0.25) is 5.02 Å². The highest BCUT2D eigenvalue weighted by Gasteiger charge is 2.50. The van der Waals surface area contributed by atoms with Crippen LogP contribution in [0.3, 0.4) is 0 Å². The summed E-state index contributed by atoms with van der Waals surface area (Å²) in [6, 6.07) is 11.7. The minimum absolute atomic E-state index is 0.132. The molecule has 6 atom stereocenters. The van der Waals surface area contributed by atoms with E-state index in [4.69, 9.17) is 21.1 Å². The van der Waals surface area contributed by atoms with Crippen LogP contribution >= 0.6 is 11.6 Å². The maximum atomic E-state index is 13.7. The molecule has 5 aliphatic rings. The van der Waals surface area contributed by atoms with Crippen molar-refractivity contribution >= 4 is 33.2 Å². The number of piperazine rings is 1. The van der Waals surface area contributed by atoms with Gasteiger partial charge in [-0.2, -0.15) is 0 Å². The molecule has 2 fully saturated rings. The maximum Gasteiger partial charge on any atom is 0.264 e. The van der Waals surface area contributed by atoms with Crippen LogP contribution in [0.25, 0.3) is 0 Å². The van der Waals surface area contributed by atoms with Gasteiger partial charge in [-0.3, -0.25) is 14.6 Å². The lowest BCUT2D eigenvalue weighted by Crippen LogP contribution is -2.60. The van der Waals surface area contributed by atoms with Gasteiger partial charge in [-0.05, 0) is 132 Å². The van der Waals surface area contributed by atoms with Crippen LogP contribution in [-0.2, 0) is 26.6 Å². The number of nitrogens with one attached hydrogen (secondary N) is 1. The van der Waals surface area contributed by atoms with E-state index in [2.05, 4.69) is 71.4 Å². The van der Waals surface area contributed by atoms with Crippen LogP contribution in [0.1, 0.15) is 95.1 Å². The number of carbonyl (C=O) groups excluding carboxylic acids is 1. The Hall–Kier alpha value is -2.63. The summed E-state index contributed by atoms with van der Waals surface area (Å²) in [5.74, 6) is 0.506. The number of ether oxygens (including phenoxy) is 2. The minimum atomic E-state index is -3.96. The molecule has 2 aliphatic carbocycles. The first-order valence-corrected chi connectivity index (χ1v) is 22.2. The highest BCUT2D eigenvalue weighted by atomic mass is 35.5. The van der Waals surface area contributed by atoms with Gasteiger partial charge < -0.3 is 14.4 Å². The van der Waals surface area contributed by atoms with Gasteiger partial charge in [0, 0.05) is 74.0 Å². The molecule has 296 valence electrons. The standard InChI is InChI=1S/C43H61ClN4O5S/c1-7-53-43(28-46-20-22-48(23-21-46)41(4,5)6)19-8-10-30(2)31(3)54(50,51)45-40(49)33-13-17-39-38(25-33)47(26-34-12-15-37(34)43)27-42(29-52-39)18-9-11-32-24-35(44)14-16-36(32)42/h8,13-14,16-17,19,24-25,30-31,34,37H,7,9-12,15,18,20-23,26-29H2,1-6H3,(H,45,49)/b19-8-/t30-,31+,34-,37+,42-,43-/m0/s1. The molecule has 11 heteroatoms. The topological polar surface area (TPSA) is 91.4 Å². The summed E-state index contributed by atoms with van der Waals surface area (Å²) in [7, 11) is -3.96. The van der Waals surface area contributed by atoms with E-state index in [0.29, 0.717) is 31.1 Å². The van der Waals surface area contributed by atoms with Gasteiger partial charge >= 0.3 is 0 Å². The largest absolute Gasteiger partial charge is 0.490 e. The second kappa shape index (κ2) is 15.4. The van der Waals surface area contributed by atoms with Crippen molar-refractivity contribution in [3.05, 3.63) is 70.3 Å². The SMILES string of the molecule is CCO[C@]1(CN2CCN(C(C)(C)C)CC2)/C=C\C[C@H](C)[C@@H](C)S(=O)(=O)NC(=O)c2ccc3c(c2)N(C[C@@H]2CC[C@H]21)C[C@@]1(CCCc2cc(Cl)ccc21)CO3. The molecule has 54 heavy (non-hydrogen) atoms. The molecule has 1 amide bonds. The normalized spacial score (nSPS) is 32.7. The molecule has 3 heterocycles. The van der Waals surface area contributed by atoms with Gasteiger partial charge in [0.05, 0.1) is 17.5 Å². The monoisotopic (exact) mass is 780 g/mol. The van der Waals surface area contributed by atoms with E-state index < -0.39 is 26.8 Å². The first-order chi connectivity index (χ1) is 25.6. The van der Waals surface area contributed by atoms with Crippen molar-refractivity contribution < 1.29 is 22.7 Å². The third-order valence-electron chi connectivity index (χ3n) is 13.4. The summed E-state index contributed by atoms with van der Waals surface area (Å²) in [6.45, 7) is 20.0. The van der Waals surface area contributed by atoms with Crippen molar-refractivity contribution in [3.8, 4) is 5.75 Å². The van der Waals surface area contributed by atoms with Gasteiger partial charge in [-0.25, -0.2) is 13.1 Å². The van der Waals surface area contributed by atoms with E-state index in [-0.39, 0.29) is 22.8 Å². The molecule has 1 saturated heterocycles. The Bertz CT molecular complexity index is 1840. The van der Waals surface area contributed by atoms with Gasteiger partial charge in [0.1, 0.15) is 11.4 Å². The average Bonchev–Trinajstić information content (AvgIpc) is 3.25. The van der Waals surface area contributed by atoms with E-state index >= 15 is 0 Å². The molecule has 3 aliphatic heterocycles. The number of benzene rings is 2. The number of aryl methyl sites for hydroxylation is 1. The Morgan fingerprint density at radius 2 is 1.83 bits per heavy atom. The molecule has 1 spiro atoms. The number of allylic oxidation sites excluding steroid dienone is 1. The molecular weight excluding hydrogens is 720 g/mol. The first kappa shape index (κ1) is 39.6. The van der Waals surface area contributed by atoms with Gasteiger partial charge in [-0.15, -0.1) is 0 Å². The van der Waals surface area contributed by atoms with Crippen molar-refractivity contribution in [3.63, 3.8) is 0 Å². The second-order valence-electron chi connectivity index (χ2n) is 17.8. The number of sulfonamides is 1. The van der Waals surface area contributed by atoms with E-state index in [1.54, 1.807) is 13.0 Å². The zero-order valence-electron chi connectivity index (χ0n) is 33.2. The van der Waals surface area contributed by atoms with E-state index in [1.807, 2.05) is 25.1 Å². The molecule has 0 radical (unpaired) electrons. The van der Waals surface area contributed by atoms with Gasteiger partial charge in [0.15, 0.2) is 0 Å². The number of rotatable bonds is 4. The Morgan fingerprint density at radius 1 is 1.06 bits per heavy atom. The number of nitrogens with zero attached hydrogens (tertiary/aromatic N) is 3. The van der Waals surface area contributed by atoms with E-state index in [0.717, 1.165) is 94.4 Å². The molecule has 1 N–H and O–H groups in total. The predicted molar refractivity (Wildman–Crippen MR) is 217 cm³/mol. The van der Waals surface area contributed by atoms with Crippen molar-refractivity contribution in [1.82, 2.24) is 14.5 Å². The number of fused-ring (bicyclic) bond motifs is 4. The maximum absolute atomic E-state index is 13.7. The number of hydrogen-bond acceptors (Lipinski definition) is 8. The van der Waals surface area contributed by atoms with Crippen LogP contribution in [0, 0.1) is 17.8 Å². The number of carbonyl (C=O) groups is 1. The molecule has 2 bridgehead atoms. The molecule has 0 unspecified atom stereocenters. The van der Waals surface area contributed by atoms with Crippen molar-refractivity contribution in [2.45, 2.75) is 102 Å². The highest BCUT2D eigenvalue weighted by molar-refractivity contribution is 7.90. The average molecular weight is 782 g/mol. The van der Waals surface area contributed by atoms with Crippen LogP contribution < -0.4 is 14.4 Å². The van der Waals surface area contributed by atoms with Crippen molar-refractivity contribution in [2.24, 2.45) is 17.8 Å². The summed E-state index contributed by atoms with van der Waals surface area (Å²) in [4.78, 5) is 21.3. The molecule has 2 aromatic carbocycles. The third-order valence-corrected chi connectivity index (χ3v) is 15.6. The quantitative estimate of drug-likeness (QED) is 0.330. The number of anilines is 1. The Balaban J connectivity index is 1.30. The molecule has 7 rings (SSSR count). The summed E-state index contributed by atoms with van der Waals surface area (Å²) >= 11 is 6.52. The Labute approximate surface area is 328 Å². The van der Waals surface area contributed by atoms with Crippen molar-refractivity contribution in [1.29, 1.82) is 0 Å². The fourth-order valence-electron chi connectivity index (χ4n) is 9.92.